The van der Waals surface area contributed by atoms with Crippen LogP contribution in [-0.2, 0) is 9.59 Å². The summed E-state index contributed by atoms with van der Waals surface area (Å²) in [5.41, 5.74) is 0.897. The van der Waals surface area contributed by atoms with Crippen LogP contribution in [0.2, 0.25) is 0 Å². The summed E-state index contributed by atoms with van der Waals surface area (Å²) in [6, 6.07) is 7.18. The summed E-state index contributed by atoms with van der Waals surface area (Å²) in [4.78, 5) is 22.5. The first kappa shape index (κ1) is 16.4. The molecule has 1 aromatic carbocycles. The molecule has 0 aliphatic carbocycles. The standard InChI is InChI=1S/C15H18BrNO3/c1-10(2)13(9-15(19)20)17-14(18)7-6-11-4-3-5-12(16)8-11/h3-8,10,13H,9H2,1-2H3,(H,17,18)(H,19,20)/b7-6+. The number of carbonyl (C=O) groups is 2. The van der Waals surface area contributed by atoms with Crippen LogP contribution in [-0.4, -0.2) is 23.0 Å². The van der Waals surface area contributed by atoms with Crippen molar-refractivity contribution in [3.8, 4) is 0 Å². The normalized spacial score (nSPS) is 12.6. The highest BCUT2D eigenvalue weighted by molar-refractivity contribution is 9.10. The molecule has 0 saturated carbocycles. The number of hydrogen-bond donors (Lipinski definition) is 2. The van der Waals surface area contributed by atoms with Crippen LogP contribution in [0.5, 0.6) is 0 Å². The van der Waals surface area contributed by atoms with Gasteiger partial charge in [-0.1, -0.05) is 41.9 Å². The molecular formula is C15H18BrNO3. The van der Waals surface area contributed by atoms with Crippen molar-refractivity contribution in [3.05, 3.63) is 40.4 Å². The molecule has 4 nitrogen and oxygen atoms in total. The molecule has 20 heavy (non-hydrogen) atoms. The van der Waals surface area contributed by atoms with E-state index in [1.54, 1.807) is 6.08 Å². The molecule has 0 aliphatic rings. The van der Waals surface area contributed by atoms with E-state index in [1.807, 2.05) is 38.1 Å². The quantitative estimate of drug-likeness (QED) is 0.782. The second-order valence-electron chi connectivity index (χ2n) is 4.85. The van der Waals surface area contributed by atoms with Crippen LogP contribution >= 0.6 is 15.9 Å². The smallest absolute Gasteiger partial charge is 0.305 e. The summed E-state index contributed by atoms with van der Waals surface area (Å²) in [6.45, 7) is 3.76. The zero-order chi connectivity index (χ0) is 15.1. The lowest BCUT2D eigenvalue weighted by atomic mass is 10.0. The summed E-state index contributed by atoms with van der Waals surface area (Å²) in [5.74, 6) is -1.14. The molecule has 0 heterocycles. The van der Waals surface area contributed by atoms with E-state index in [0.29, 0.717) is 0 Å². The first-order valence-corrected chi connectivity index (χ1v) is 7.13. The maximum Gasteiger partial charge on any atom is 0.305 e. The van der Waals surface area contributed by atoms with E-state index in [9.17, 15) is 9.59 Å². The number of amides is 1. The average Bonchev–Trinajstić information content (AvgIpc) is 2.35. The molecule has 0 aliphatic heterocycles. The van der Waals surface area contributed by atoms with Gasteiger partial charge in [0.05, 0.1) is 6.42 Å². The first-order chi connectivity index (χ1) is 9.38. The van der Waals surface area contributed by atoms with Crippen LogP contribution in [0.3, 0.4) is 0 Å². The fourth-order valence-corrected chi connectivity index (χ4v) is 2.07. The second kappa shape index (κ2) is 7.85. The summed E-state index contributed by atoms with van der Waals surface area (Å²) >= 11 is 3.36. The van der Waals surface area contributed by atoms with Crippen LogP contribution in [0.1, 0.15) is 25.8 Å². The molecular weight excluding hydrogens is 322 g/mol. The number of nitrogens with one attached hydrogen (secondary N) is 1. The molecule has 108 valence electrons. The van der Waals surface area contributed by atoms with E-state index in [2.05, 4.69) is 21.2 Å². The predicted octanol–water partition coefficient (Wildman–Crippen LogP) is 3.08. The number of halogens is 1. The lowest BCUT2D eigenvalue weighted by Gasteiger charge is -2.19. The molecule has 1 aromatic rings. The maximum absolute atomic E-state index is 11.8. The number of hydrogen-bond acceptors (Lipinski definition) is 2. The Hall–Kier alpha value is -1.62. The number of carboxylic acid groups (broad SMARTS) is 1. The van der Waals surface area contributed by atoms with Crippen molar-refractivity contribution >= 4 is 33.9 Å². The van der Waals surface area contributed by atoms with E-state index < -0.39 is 5.97 Å². The minimum Gasteiger partial charge on any atom is -0.481 e. The van der Waals surface area contributed by atoms with Gasteiger partial charge in [-0.2, -0.15) is 0 Å². The van der Waals surface area contributed by atoms with E-state index >= 15 is 0 Å². The van der Waals surface area contributed by atoms with E-state index in [4.69, 9.17) is 5.11 Å². The molecule has 1 rings (SSSR count). The van der Waals surface area contributed by atoms with Crippen molar-refractivity contribution in [2.24, 2.45) is 5.92 Å². The third kappa shape index (κ3) is 6.02. The summed E-state index contributed by atoms with van der Waals surface area (Å²) < 4.78 is 0.936. The van der Waals surface area contributed by atoms with Gasteiger partial charge in [-0.15, -0.1) is 0 Å². The van der Waals surface area contributed by atoms with E-state index in [-0.39, 0.29) is 24.3 Å². The summed E-state index contributed by atoms with van der Waals surface area (Å²) in [7, 11) is 0. The molecule has 0 saturated heterocycles. The Morgan fingerprint density at radius 2 is 2.10 bits per heavy atom. The monoisotopic (exact) mass is 339 g/mol. The highest BCUT2D eigenvalue weighted by Crippen LogP contribution is 2.12. The second-order valence-corrected chi connectivity index (χ2v) is 5.76. The Balaban J connectivity index is 2.63. The Kier molecular flexibility index (Phi) is 6.45. The topological polar surface area (TPSA) is 66.4 Å². The van der Waals surface area contributed by atoms with Crippen LogP contribution in [0.15, 0.2) is 34.8 Å². The number of carboxylic acids is 1. The SMILES string of the molecule is CC(C)C(CC(=O)O)NC(=O)/C=C/c1cccc(Br)c1. The molecule has 0 bridgehead atoms. The highest BCUT2D eigenvalue weighted by Gasteiger charge is 2.18. The summed E-state index contributed by atoms with van der Waals surface area (Å²) in [5, 5.41) is 11.5. The molecule has 1 atom stereocenters. The largest absolute Gasteiger partial charge is 0.481 e. The zero-order valence-corrected chi connectivity index (χ0v) is 13.1. The minimum atomic E-state index is -0.917. The van der Waals surface area contributed by atoms with Gasteiger partial charge in [0.2, 0.25) is 5.91 Å². The zero-order valence-electron chi connectivity index (χ0n) is 11.5. The van der Waals surface area contributed by atoms with Crippen molar-refractivity contribution in [1.82, 2.24) is 5.32 Å². The van der Waals surface area contributed by atoms with E-state index in [1.165, 1.54) is 6.08 Å². The molecule has 1 unspecified atom stereocenters. The van der Waals surface area contributed by atoms with Crippen molar-refractivity contribution in [3.63, 3.8) is 0 Å². The number of carbonyl (C=O) groups excluding carboxylic acids is 1. The van der Waals surface area contributed by atoms with Gasteiger partial charge in [0.25, 0.3) is 0 Å². The Morgan fingerprint density at radius 1 is 1.40 bits per heavy atom. The Bertz CT molecular complexity index is 512. The van der Waals surface area contributed by atoms with Gasteiger partial charge in [-0.25, -0.2) is 0 Å². The fraction of sp³-hybridized carbons (Fsp3) is 0.333. The lowest BCUT2D eigenvalue weighted by Crippen LogP contribution is -2.39. The van der Waals surface area contributed by atoms with Gasteiger partial charge in [0.1, 0.15) is 0 Å². The van der Waals surface area contributed by atoms with Crippen LogP contribution in [0, 0.1) is 5.92 Å². The third-order valence-corrected chi connectivity index (χ3v) is 3.30. The molecule has 0 spiro atoms. The van der Waals surface area contributed by atoms with Gasteiger partial charge in [-0.05, 0) is 29.7 Å². The first-order valence-electron chi connectivity index (χ1n) is 6.34. The molecule has 0 fully saturated rings. The molecule has 1 amide bonds. The van der Waals surface area contributed by atoms with Gasteiger partial charge < -0.3 is 10.4 Å². The van der Waals surface area contributed by atoms with Crippen LogP contribution < -0.4 is 5.32 Å². The van der Waals surface area contributed by atoms with Crippen molar-refractivity contribution in [2.75, 3.05) is 0 Å². The number of rotatable bonds is 6. The molecule has 2 N–H and O–H groups in total. The van der Waals surface area contributed by atoms with Crippen LogP contribution in [0.4, 0.5) is 0 Å². The predicted molar refractivity (Wildman–Crippen MR) is 82.2 cm³/mol. The van der Waals surface area contributed by atoms with E-state index in [0.717, 1.165) is 10.0 Å². The Morgan fingerprint density at radius 3 is 2.65 bits per heavy atom. The van der Waals surface area contributed by atoms with Gasteiger partial charge in [0, 0.05) is 16.6 Å². The lowest BCUT2D eigenvalue weighted by molar-refractivity contribution is -0.138. The van der Waals surface area contributed by atoms with Gasteiger partial charge >= 0.3 is 5.97 Å². The number of benzene rings is 1. The molecule has 5 heteroatoms. The average molecular weight is 340 g/mol. The van der Waals surface area contributed by atoms with Gasteiger partial charge in [0.15, 0.2) is 0 Å². The highest BCUT2D eigenvalue weighted by atomic mass is 79.9. The summed E-state index contributed by atoms with van der Waals surface area (Å²) in [6.07, 6.45) is 3.03. The maximum atomic E-state index is 11.8. The fourth-order valence-electron chi connectivity index (χ4n) is 1.65. The van der Waals surface area contributed by atoms with Crippen molar-refractivity contribution in [1.29, 1.82) is 0 Å². The third-order valence-electron chi connectivity index (χ3n) is 2.80. The number of aliphatic carboxylic acids is 1. The minimum absolute atomic E-state index is 0.0642. The van der Waals surface area contributed by atoms with Gasteiger partial charge in [-0.3, -0.25) is 9.59 Å². The van der Waals surface area contributed by atoms with Crippen molar-refractivity contribution < 1.29 is 14.7 Å². The molecule has 0 aromatic heterocycles. The molecule has 0 radical (unpaired) electrons. The van der Waals surface area contributed by atoms with Crippen molar-refractivity contribution in [2.45, 2.75) is 26.3 Å². The Labute approximate surface area is 127 Å². The van der Waals surface area contributed by atoms with Crippen LogP contribution in [0.25, 0.3) is 6.08 Å².